The van der Waals surface area contributed by atoms with Crippen LogP contribution in [0.5, 0.6) is 11.5 Å². The molecule has 0 aliphatic carbocycles. The molecule has 0 bridgehead atoms. The van der Waals surface area contributed by atoms with Crippen LogP contribution in [0.3, 0.4) is 0 Å². The van der Waals surface area contributed by atoms with Gasteiger partial charge in [0.05, 0.1) is 18.0 Å². The van der Waals surface area contributed by atoms with E-state index in [4.69, 9.17) is 20.3 Å². The first kappa shape index (κ1) is 20.6. The fraction of sp³-hybridized carbons (Fsp3) is 0.280. The highest BCUT2D eigenvalue weighted by Crippen LogP contribution is 2.35. The van der Waals surface area contributed by atoms with Crippen molar-refractivity contribution in [2.45, 2.75) is 25.0 Å². The maximum absolute atomic E-state index is 12.6. The number of anilines is 1. The van der Waals surface area contributed by atoms with Crippen molar-refractivity contribution in [3.63, 3.8) is 0 Å². The first-order valence-electron chi connectivity index (χ1n) is 11.4. The summed E-state index contributed by atoms with van der Waals surface area (Å²) < 4.78 is 13.0. The SMILES string of the molecule is Nc1ncnc2c1c(-c1ccc(Oc3ccccc3)cc1)nn2C1CCCN(C(=O)[C@H]2CO2)C1. The number of carbonyl (C=O) groups excluding carboxylic acids is 1. The van der Waals surface area contributed by atoms with Crippen LogP contribution in [-0.4, -0.2) is 56.4 Å². The second kappa shape index (κ2) is 8.42. The lowest BCUT2D eigenvalue weighted by atomic mass is 10.1. The highest BCUT2D eigenvalue weighted by molar-refractivity contribution is 5.98. The Labute approximate surface area is 196 Å². The molecule has 9 heteroatoms. The minimum atomic E-state index is -0.279. The van der Waals surface area contributed by atoms with Gasteiger partial charge < -0.3 is 20.1 Å². The highest BCUT2D eigenvalue weighted by atomic mass is 16.6. The van der Waals surface area contributed by atoms with Crippen molar-refractivity contribution in [1.82, 2.24) is 24.6 Å². The van der Waals surface area contributed by atoms with Crippen LogP contribution in [0.1, 0.15) is 18.9 Å². The second-order valence-electron chi connectivity index (χ2n) is 8.59. The van der Waals surface area contributed by atoms with Crippen LogP contribution in [0.2, 0.25) is 0 Å². The highest BCUT2D eigenvalue weighted by Gasteiger charge is 2.37. The standard InChI is InChI=1S/C25H24N6O3/c26-23-21-22(16-8-10-19(11-9-16)34-18-6-2-1-3-7-18)29-31(24(21)28-15-27-23)17-5-4-12-30(13-17)25(32)20-14-33-20/h1-3,6-11,15,17,20H,4-5,12-14H2,(H2,26,27,28)/t17?,20-/m1/s1. The third-order valence-corrected chi connectivity index (χ3v) is 6.29. The zero-order valence-electron chi connectivity index (χ0n) is 18.5. The Kier molecular flexibility index (Phi) is 5.10. The van der Waals surface area contributed by atoms with Crippen LogP contribution < -0.4 is 10.5 Å². The van der Waals surface area contributed by atoms with Gasteiger partial charge in [-0.2, -0.15) is 5.10 Å². The number of carbonyl (C=O) groups is 1. The fourth-order valence-electron chi connectivity index (χ4n) is 4.51. The summed E-state index contributed by atoms with van der Waals surface area (Å²) in [4.78, 5) is 23.2. The molecule has 0 radical (unpaired) electrons. The zero-order chi connectivity index (χ0) is 23.1. The number of rotatable bonds is 5. The Morgan fingerprint density at radius 1 is 1.06 bits per heavy atom. The molecule has 2 atom stereocenters. The van der Waals surface area contributed by atoms with Crippen molar-refractivity contribution in [3.05, 3.63) is 60.9 Å². The van der Waals surface area contributed by atoms with Gasteiger partial charge in [-0.1, -0.05) is 18.2 Å². The fourth-order valence-corrected chi connectivity index (χ4v) is 4.51. The maximum atomic E-state index is 12.6. The van der Waals surface area contributed by atoms with Crippen LogP contribution in [0, 0.1) is 0 Å². The topological polar surface area (TPSA) is 112 Å². The molecule has 0 spiro atoms. The lowest BCUT2D eigenvalue weighted by Gasteiger charge is -2.32. The van der Waals surface area contributed by atoms with Crippen molar-refractivity contribution in [3.8, 4) is 22.8 Å². The molecular formula is C25H24N6O3. The summed E-state index contributed by atoms with van der Waals surface area (Å²) in [6.07, 6.45) is 2.98. The molecule has 1 amide bonds. The number of epoxide rings is 1. The van der Waals surface area contributed by atoms with Gasteiger partial charge >= 0.3 is 0 Å². The summed E-state index contributed by atoms with van der Waals surface area (Å²) in [5, 5.41) is 5.65. The summed E-state index contributed by atoms with van der Waals surface area (Å²) >= 11 is 0. The number of fused-ring (bicyclic) bond motifs is 1. The number of likely N-dealkylation sites (tertiary alicyclic amines) is 1. The van der Waals surface area contributed by atoms with Crippen LogP contribution in [0.15, 0.2) is 60.9 Å². The molecular weight excluding hydrogens is 432 g/mol. The number of benzene rings is 2. The van der Waals surface area contributed by atoms with Crippen molar-refractivity contribution in [2.75, 3.05) is 25.4 Å². The van der Waals surface area contributed by atoms with Gasteiger partial charge in [0.2, 0.25) is 0 Å². The summed E-state index contributed by atoms with van der Waals surface area (Å²) in [5.74, 6) is 1.94. The first-order chi connectivity index (χ1) is 16.7. The molecule has 6 rings (SSSR count). The molecule has 2 aliphatic rings. The van der Waals surface area contributed by atoms with E-state index in [2.05, 4.69) is 9.97 Å². The monoisotopic (exact) mass is 456 g/mol. The Morgan fingerprint density at radius 3 is 2.59 bits per heavy atom. The summed E-state index contributed by atoms with van der Waals surface area (Å²) in [6, 6.07) is 17.4. The van der Waals surface area contributed by atoms with Crippen molar-refractivity contribution in [2.24, 2.45) is 0 Å². The zero-order valence-corrected chi connectivity index (χ0v) is 18.5. The Balaban J connectivity index is 1.33. The van der Waals surface area contributed by atoms with Gasteiger partial charge in [0.25, 0.3) is 5.91 Å². The molecule has 4 heterocycles. The van der Waals surface area contributed by atoms with E-state index in [0.29, 0.717) is 35.7 Å². The van der Waals surface area contributed by atoms with E-state index >= 15 is 0 Å². The predicted octanol–water partition coefficient (Wildman–Crippen LogP) is 3.43. The summed E-state index contributed by atoms with van der Waals surface area (Å²) in [6.45, 7) is 1.83. The van der Waals surface area contributed by atoms with E-state index < -0.39 is 0 Å². The van der Waals surface area contributed by atoms with Crippen molar-refractivity contribution >= 4 is 22.8 Å². The lowest BCUT2D eigenvalue weighted by Crippen LogP contribution is -2.43. The molecule has 2 saturated heterocycles. The number of hydrogen-bond acceptors (Lipinski definition) is 7. The van der Waals surface area contributed by atoms with Crippen LogP contribution in [-0.2, 0) is 9.53 Å². The molecule has 4 aromatic rings. The number of nitrogens with two attached hydrogens (primary N) is 1. The largest absolute Gasteiger partial charge is 0.457 e. The van der Waals surface area contributed by atoms with Crippen LogP contribution in [0.4, 0.5) is 5.82 Å². The first-order valence-corrected chi connectivity index (χ1v) is 11.4. The molecule has 0 saturated carbocycles. The van der Waals surface area contributed by atoms with E-state index in [-0.39, 0.29) is 18.1 Å². The van der Waals surface area contributed by atoms with Crippen LogP contribution in [0.25, 0.3) is 22.3 Å². The van der Waals surface area contributed by atoms with Crippen molar-refractivity contribution < 1.29 is 14.3 Å². The quantitative estimate of drug-likeness (QED) is 0.458. The minimum Gasteiger partial charge on any atom is -0.457 e. The molecule has 2 aromatic heterocycles. The average molecular weight is 457 g/mol. The number of nitrogens with zero attached hydrogens (tertiary/aromatic N) is 5. The third kappa shape index (κ3) is 3.84. The lowest BCUT2D eigenvalue weighted by molar-refractivity contribution is -0.134. The molecule has 1 unspecified atom stereocenters. The summed E-state index contributed by atoms with van der Waals surface area (Å²) in [7, 11) is 0. The molecule has 9 nitrogen and oxygen atoms in total. The van der Waals surface area contributed by atoms with E-state index in [1.807, 2.05) is 64.2 Å². The normalized spacial score (nSPS) is 19.8. The number of piperidine rings is 1. The molecule has 2 aromatic carbocycles. The van der Waals surface area contributed by atoms with Gasteiger partial charge in [-0.15, -0.1) is 0 Å². The van der Waals surface area contributed by atoms with Gasteiger partial charge in [-0.25, -0.2) is 14.6 Å². The minimum absolute atomic E-state index is 0.00249. The van der Waals surface area contributed by atoms with Gasteiger partial charge in [-0.3, -0.25) is 4.79 Å². The summed E-state index contributed by atoms with van der Waals surface area (Å²) in [5.41, 5.74) is 8.56. The molecule has 34 heavy (non-hydrogen) atoms. The smallest absolute Gasteiger partial charge is 0.254 e. The van der Waals surface area contributed by atoms with Gasteiger partial charge in [0, 0.05) is 18.7 Å². The van der Waals surface area contributed by atoms with E-state index in [1.165, 1.54) is 6.33 Å². The van der Waals surface area contributed by atoms with Gasteiger partial charge in [-0.05, 0) is 49.2 Å². The Morgan fingerprint density at radius 2 is 1.82 bits per heavy atom. The number of hydrogen-bond donors (Lipinski definition) is 1. The average Bonchev–Trinajstić information content (AvgIpc) is 3.65. The van der Waals surface area contributed by atoms with E-state index in [9.17, 15) is 4.79 Å². The number of aromatic nitrogens is 4. The predicted molar refractivity (Wildman–Crippen MR) is 126 cm³/mol. The second-order valence-corrected chi connectivity index (χ2v) is 8.59. The molecule has 2 fully saturated rings. The molecule has 172 valence electrons. The van der Waals surface area contributed by atoms with Gasteiger partial charge in [0.15, 0.2) is 11.8 Å². The van der Waals surface area contributed by atoms with Crippen molar-refractivity contribution in [1.29, 1.82) is 0 Å². The third-order valence-electron chi connectivity index (χ3n) is 6.29. The molecule has 2 aliphatic heterocycles. The Hall–Kier alpha value is -3.98. The Bertz CT molecular complexity index is 1330. The van der Waals surface area contributed by atoms with Gasteiger partial charge in [0.1, 0.15) is 29.3 Å². The number of nitrogen functional groups attached to an aromatic ring is 1. The number of amides is 1. The van der Waals surface area contributed by atoms with Crippen LogP contribution >= 0.6 is 0 Å². The maximum Gasteiger partial charge on any atom is 0.254 e. The van der Waals surface area contributed by atoms with E-state index in [1.54, 1.807) is 0 Å². The number of para-hydroxylation sites is 1. The van der Waals surface area contributed by atoms with E-state index in [0.717, 1.165) is 36.4 Å². The number of ether oxygens (including phenoxy) is 2. The molecule has 2 N–H and O–H groups in total.